The van der Waals surface area contributed by atoms with Gasteiger partial charge in [0.2, 0.25) is 0 Å². The zero-order valence-electron chi connectivity index (χ0n) is 7.02. The van der Waals surface area contributed by atoms with E-state index in [2.05, 4.69) is 24.8 Å². The maximum absolute atomic E-state index is 3.76. The van der Waals surface area contributed by atoms with Crippen LogP contribution in [0.3, 0.4) is 0 Å². The average Bonchev–Trinajstić information content (AvgIpc) is 2.00. The van der Waals surface area contributed by atoms with Crippen molar-refractivity contribution in [3.05, 3.63) is 29.8 Å². The first-order valence-corrected chi connectivity index (χ1v) is 3.67. The van der Waals surface area contributed by atoms with E-state index in [1.54, 1.807) is 0 Å². The molecule has 0 bridgehead atoms. The third-order valence-electron chi connectivity index (χ3n) is 1.12. The molecule has 0 aliphatic carbocycles. The van der Waals surface area contributed by atoms with Crippen molar-refractivity contribution in [1.82, 2.24) is 0 Å². The Morgan fingerprint density at radius 2 is 1.40 bits per heavy atom. The quantitative estimate of drug-likeness (QED) is 0.567. The Balaban J connectivity index is 0.000000371. The molecule has 1 aromatic rings. The monoisotopic (exact) mass is 138 g/mol. The summed E-state index contributed by atoms with van der Waals surface area (Å²) in [7, 11) is 0. The van der Waals surface area contributed by atoms with E-state index in [-0.39, 0.29) is 0 Å². The predicted molar refractivity (Wildman–Crippen MR) is 45.1 cm³/mol. The van der Waals surface area contributed by atoms with Crippen LogP contribution in [0, 0.1) is 6.92 Å². The highest BCUT2D eigenvalue weighted by molar-refractivity contribution is 5.30. The molecule has 10 heavy (non-hydrogen) atoms. The van der Waals surface area contributed by atoms with E-state index in [9.17, 15) is 0 Å². The minimum atomic E-state index is 1.08. The zero-order chi connectivity index (χ0) is 7.98. The molecule has 0 heterocycles. The van der Waals surface area contributed by atoms with Gasteiger partial charge in [-0.05, 0) is 19.1 Å². The molecule has 0 saturated carbocycles. The normalized spacial score (nSPS) is 8.00. The second-order valence-corrected chi connectivity index (χ2v) is 1.99. The number of hydrogen-bond donors (Lipinski definition) is 1. The van der Waals surface area contributed by atoms with E-state index in [1.807, 2.05) is 26.0 Å². The van der Waals surface area contributed by atoms with Gasteiger partial charge in [0.05, 0.1) is 0 Å². The first-order chi connectivity index (χ1) is 4.79. The van der Waals surface area contributed by atoms with Crippen LogP contribution in [0.25, 0.3) is 0 Å². The van der Waals surface area contributed by atoms with Gasteiger partial charge in [-0.25, -0.2) is 0 Å². The van der Waals surface area contributed by atoms with Crippen LogP contribution in [0.2, 0.25) is 0 Å². The van der Waals surface area contributed by atoms with E-state index in [1.165, 1.54) is 5.56 Å². The Morgan fingerprint density at radius 3 is 1.70 bits per heavy atom. The van der Waals surface area contributed by atoms with Crippen LogP contribution in [0.15, 0.2) is 24.3 Å². The van der Waals surface area contributed by atoms with E-state index in [0.29, 0.717) is 0 Å². The van der Waals surface area contributed by atoms with Gasteiger partial charge in [0.25, 0.3) is 0 Å². The summed E-state index contributed by atoms with van der Waals surface area (Å²) in [6.07, 6.45) is 0. The van der Waals surface area contributed by atoms with E-state index < -0.39 is 0 Å². The summed E-state index contributed by atoms with van der Waals surface area (Å²) in [5.74, 6) is 0. The van der Waals surface area contributed by atoms with Gasteiger partial charge >= 0.3 is 0 Å². The molecular weight excluding hydrogens is 122 g/mol. The van der Waals surface area contributed by atoms with Crippen LogP contribution < -0.4 is 5.73 Å². The lowest BCUT2D eigenvalue weighted by atomic mass is 10.2. The van der Waals surface area contributed by atoms with Crippen LogP contribution in [-0.2, 0) is 0 Å². The van der Waals surface area contributed by atoms with Crippen LogP contribution in [0.5, 0.6) is 0 Å². The fourth-order valence-electron chi connectivity index (χ4n) is 0.588. The Morgan fingerprint density at radius 1 is 1.00 bits per heavy atom. The zero-order valence-corrected chi connectivity index (χ0v) is 7.02. The van der Waals surface area contributed by atoms with Gasteiger partial charge in [-0.2, -0.15) is 0 Å². The second-order valence-electron chi connectivity index (χ2n) is 1.99. The minimum Gasteiger partial charge on any atom is -0.325 e. The van der Waals surface area contributed by atoms with E-state index in [4.69, 9.17) is 0 Å². The Hall–Kier alpha value is -0.820. The van der Waals surface area contributed by atoms with Crippen molar-refractivity contribution in [3.8, 4) is 0 Å². The van der Waals surface area contributed by atoms with Crippen LogP contribution >= 0.6 is 0 Å². The van der Waals surface area contributed by atoms with Gasteiger partial charge in [-0.15, -0.1) is 0 Å². The molecule has 0 saturated heterocycles. The van der Waals surface area contributed by atoms with Crippen molar-refractivity contribution in [2.75, 3.05) is 0 Å². The number of aryl methyl sites for hydroxylation is 1. The molecule has 0 radical (unpaired) electrons. The average molecular weight is 138 g/mol. The molecule has 1 nitrogen and oxygen atoms in total. The molecule has 0 aliphatic rings. The van der Waals surface area contributed by atoms with Gasteiger partial charge < -0.3 is 5.73 Å². The SMILES string of the molecule is CC.Cc1ccc([NH3+])cc1. The van der Waals surface area contributed by atoms with Crippen molar-refractivity contribution >= 4 is 5.69 Å². The topological polar surface area (TPSA) is 27.6 Å². The number of quaternary nitrogens is 1. The first kappa shape index (κ1) is 9.18. The Kier molecular flexibility index (Phi) is 4.59. The summed E-state index contributed by atoms with van der Waals surface area (Å²) >= 11 is 0. The van der Waals surface area contributed by atoms with Crippen LogP contribution in [-0.4, -0.2) is 0 Å². The second kappa shape index (κ2) is 5.00. The Labute approximate surface area is 62.9 Å². The number of hydrogen-bond acceptors (Lipinski definition) is 0. The molecule has 0 unspecified atom stereocenters. The maximum atomic E-state index is 3.76. The summed E-state index contributed by atoms with van der Waals surface area (Å²) < 4.78 is 0. The molecular formula is C9H16N+. The fourth-order valence-corrected chi connectivity index (χ4v) is 0.588. The van der Waals surface area contributed by atoms with Gasteiger partial charge in [-0.3, -0.25) is 0 Å². The summed E-state index contributed by atoms with van der Waals surface area (Å²) in [5, 5.41) is 0. The third kappa shape index (κ3) is 3.25. The molecule has 1 aromatic carbocycles. The molecule has 0 fully saturated rings. The summed E-state index contributed by atoms with van der Waals surface area (Å²) in [6, 6.07) is 8.13. The minimum absolute atomic E-state index is 1.08. The lowest BCUT2D eigenvalue weighted by molar-refractivity contribution is -0.254. The summed E-state index contributed by atoms with van der Waals surface area (Å²) in [6.45, 7) is 6.07. The van der Waals surface area contributed by atoms with Gasteiger partial charge in [0, 0.05) is 0 Å². The molecule has 1 heteroatoms. The lowest BCUT2D eigenvalue weighted by Gasteiger charge is -1.87. The molecule has 0 spiro atoms. The van der Waals surface area contributed by atoms with Crippen molar-refractivity contribution in [1.29, 1.82) is 0 Å². The summed E-state index contributed by atoms with van der Waals surface area (Å²) in [4.78, 5) is 0. The standard InChI is InChI=1S/C7H9N.C2H6/c1-6-2-4-7(8)5-3-6;1-2/h2-5H,8H2,1H3;1-2H3/p+1. The van der Waals surface area contributed by atoms with E-state index in [0.717, 1.165) is 5.69 Å². The van der Waals surface area contributed by atoms with Crippen molar-refractivity contribution < 1.29 is 5.73 Å². The highest BCUT2D eigenvalue weighted by atomic mass is 14.5. The van der Waals surface area contributed by atoms with E-state index >= 15 is 0 Å². The van der Waals surface area contributed by atoms with Gasteiger partial charge in [0.15, 0.2) is 0 Å². The van der Waals surface area contributed by atoms with Gasteiger partial charge in [0.1, 0.15) is 5.69 Å². The van der Waals surface area contributed by atoms with Crippen molar-refractivity contribution in [2.24, 2.45) is 0 Å². The number of rotatable bonds is 0. The maximum Gasteiger partial charge on any atom is 0.127 e. The highest BCUT2D eigenvalue weighted by Gasteiger charge is 1.83. The molecule has 56 valence electrons. The third-order valence-corrected chi connectivity index (χ3v) is 1.12. The molecule has 1 rings (SSSR count). The smallest absolute Gasteiger partial charge is 0.127 e. The predicted octanol–water partition coefficient (Wildman–Crippen LogP) is 1.89. The molecule has 0 amide bonds. The van der Waals surface area contributed by atoms with Crippen LogP contribution in [0.4, 0.5) is 5.69 Å². The first-order valence-electron chi connectivity index (χ1n) is 3.67. The Bertz CT molecular complexity index is 144. The fraction of sp³-hybridized carbons (Fsp3) is 0.333. The van der Waals surface area contributed by atoms with Gasteiger partial charge in [-0.1, -0.05) is 31.5 Å². The molecule has 0 aromatic heterocycles. The van der Waals surface area contributed by atoms with Crippen molar-refractivity contribution in [2.45, 2.75) is 20.8 Å². The summed E-state index contributed by atoms with van der Waals surface area (Å²) in [5.41, 5.74) is 6.13. The van der Waals surface area contributed by atoms with Crippen molar-refractivity contribution in [3.63, 3.8) is 0 Å². The number of benzene rings is 1. The molecule has 3 N–H and O–H groups in total. The van der Waals surface area contributed by atoms with Crippen LogP contribution in [0.1, 0.15) is 19.4 Å². The highest BCUT2D eigenvalue weighted by Crippen LogP contribution is 2.00. The molecule has 0 atom stereocenters. The molecule has 0 aliphatic heterocycles. The lowest BCUT2D eigenvalue weighted by Crippen LogP contribution is -2.39. The largest absolute Gasteiger partial charge is 0.325 e.